The normalized spacial score (nSPS) is 17.2. The summed E-state index contributed by atoms with van der Waals surface area (Å²) in [5.74, 6) is 0.703. The number of fused-ring (bicyclic) bond motifs is 1. The molecule has 33 heavy (non-hydrogen) atoms. The highest BCUT2D eigenvalue weighted by Gasteiger charge is 2.34. The summed E-state index contributed by atoms with van der Waals surface area (Å²) in [7, 11) is 0. The molecule has 0 radical (unpaired) electrons. The summed E-state index contributed by atoms with van der Waals surface area (Å²) in [6.07, 6.45) is 5.68. The van der Waals surface area contributed by atoms with Crippen molar-refractivity contribution in [2.24, 2.45) is 9.98 Å². The Morgan fingerprint density at radius 3 is 2.48 bits per heavy atom. The molecular formula is C26H25ClN4O2. The predicted octanol–water partition coefficient (Wildman–Crippen LogP) is 6.09. The van der Waals surface area contributed by atoms with Gasteiger partial charge in [0.25, 0.3) is 0 Å². The maximum atomic E-state index is 13.0. The van der Waals surface area contributed by atoms with Crippen molar-refractivity contribution >= 4 is 34.9 Å². The molecule has 3 aromatic rings. The van der Waals surface area contributed by atoms with Gasteiger partial charge in [-0.3, -0.25) is 4.99 Å². The van der Waals surface area contributed by atoms with E-state index in [1.54, 1.807) is 11.6 Å². The molecule has 6 nitrogen and oxygen atoms in total. The molecule has 0 N–H and O–H groups in total. The smallest absolute Gasteiger partial charge is 0.344 e. The molecule has 2 heterocycles. The van der Waals surface area contributed by atoms with E-state index >= 15 is 0 Å². The van der Waals surface area contributed by atoms with Crippen LogP contribution in [0.4, 0.5) is 5.82 Å². The van der Waals surface area contributed by atoms with E-state index in [9.17, 15) is 4.79 Å². The van der Waals surface area contributed by atoms with E-state index in [1.165, 1.54) is 19.3 Å². The zero-order valence-corrected chi connectivity index (χ0v) is 19.3. The second kappa shape index (κ2) is 9.32. The third-order valence-electron chi connectivity index (χ3n) is 6.02. The summed E-state index contributed by atoms with van der Waals surface area (Å²) in [6.45, 7) is 2.07. The van der Waals surface area contributed by atoms with E-state index in [4.69, 9.17) is 31.4 Å². The van der Waals surface area contributed by atoms with E-state index in [-0.39, 0.29) is 12.6 Å². The lowest BCUT2D eigenvalue weighted by molar-refractivity contribution is 0.0528. The van der Waals surface area contributed by atoms with Crippen molar-refractivity contribution in [3.05, 3.63) is 70.7 Å². The second-order valence-corrected chi connectivity index (χ2v) is 8.69. The second-order valence-electron chi connectivity index (χ2n) is 8.26. The molecule has 0 amide bonds. The molecule has 168 valence electrons. The minimum absolute atomic E-state index is 0.215. The number of benzene rings is 2. The van der Waals surface area contributed by atoms with E-state index in [2.05, 4.69) is 0 Å². The van der Waals surface area contributed by atoms with Gasteiger partial charge in [-0.2, -0.15) is 9.78 Å². The minimum atomic E-state index is -0.435. The monoisotopic (exact) mass is 460 g/mol. The Hall–Kier alpha value is -3.25. The molecule has 7 heteroatoms. The first-order valence-corrected chi connectivity index (χ1v) is 11.8. The lowest BCUT2D eigenvalue weighted by atomic mass is 9.96. The van der Waals surface area contributed by atoms with E-state index in [1.807, 2.05) is 54.6 Å². The van der Waals surface area contributed by atoms with Gasteiger partial charge in [-0.15, -0.1) is 0 Å². The zero-order chi connectivity index (χ0) is 22.8. The number of aliphatic imine (C=N–C) groups is 2. The molecule has 0 bridgehead atoms. The summed E-state index contributed by atoms with van der Waals surface area (Å²) in [6, 6.07) is 17.4. The maximum absolute atomic E-state index is 13.0. The number of carbonyl (C=O) groups is 1. The van der Waals surface area contributed by atoms with Crippen LogP contribution in [-0.4, -0.2) is 39.9 Å². The Balaban J connectivity index is 1.70. The van der Waals surface area contributed by atoms with Crippen LogP contribution in [0.3, 0.4) is 0 Å². The van der Waals surface area contributed by atoms with Gasteiger partial charge in [0.2, 0.25) is 0 Å². The van der Waals surface area contributed by atoms with E-state index < -0.39 is 5.97 Å². The van der Waals surface area contributed by atoms with Crippen LogP contribution in [0.25, 0.3) is 11.3 Å². The van der Waals surface area contributed by atoms with Crippen molar-refractivity contribution in [1.29, 1.82) is 0 Å². The Labute approximate surface area is 198 Å². The first-order valence-electron chi connectivity index (χ1n) is 11.4. The molecule has 0 spiro atoms. The largest absolute Gasteiger partial charge is 0.462 e. The fourth-order valence-electron chi connectivity index (χ4n) is 4.41. The van der Waals surface area contributed by atoms with Gasteiger partial charge in [0.1, 0.15) is 17.0 Å². The van der Waals surface area contributed by atoms with Crippen LogP contribution < -0.4 is 0 Å². The summed E-state index contributed by atoms with van der Waals surface area (Å²) in [4.78, 5) is 23.0. The maximum Gasteiger partial charge on any atom is 0.344 e. The molecule has 5 rings (SSSR count). The molecule has 0 saturated heterocycles. The number of hydrogen-bond donors (Lipinski definition) is 0. The summed E-state index contributed by atoms with van der Waals surface area (Å²) in [5, 5.41) is 5.50. The third kappa shape index (κ3) is 4.23. The minimum Gasteiger partial charge on any atom is -0.462 e. The fourth-order valence-corrected chi connectivity index (χ4v) is 4.53. The highest BCUT2D eigenvalue weighted by atomic mass is 35.5. The highest BCUT2D eigenvalue weighted by Crippen LogP contribution is 2.36. The van der Waals surface area contributed by atoms with Gasteiger partial charge in [-0.25, -0.2) is 9.79 Å². The number of halogens is 1. The number of hydrogen-bond acceptors (Lipinski definition) is 5. The van der Waals surface area contributed by atoms with Crippen LogP contribution in [0.1, 0.15) is 54.9 Å². The van der Waals surface area contributed by atoms with Crippen molar-refractivity contribution in [2.75, 3.05) is 6.61 Å². The third-order valence-corrected chi connectivity index (χ3v) is 6.27. The van der Waals surface area contributed by atoms with Crippen molar-refractivity contribution in [1.82, 2.24) is 9.78 Å². The summed E-state index contributed by atoms with van der Waals surface area (Å²) in [5.41, 5.74) is 3.34. The Kier molecular flexibility index (Phi) is 6.09. The number of rotatable bonds is 5. The number of aromatic nitrogens is 2. The molecule has 0 atom stereocenters. The molecule has 1 saturated carbocycles. The number of nitrogens with zero attached hydrogens (tertiary/aromatic N) is 4. The molecule has 1 aliphatic carbocycles. The van der Waals surface area contributed by atoms with Crippen molar-refractivity contribution in [2.45, 2.75) is 45.1 Å². The van der Waals surface area contributed by atoms with Crippen LogP contribution in [0.15, 0.2) is 64.6 Å². The molecular weight excluding hydrogens is 436 g/mol. The van der Waals surface area contributed by atoms with Gasteiger partial charge in [0, 0.05) is 16.1 Å². The molecule has 1 aliphatic heterocycles. The van der Waals surface area contributed by atoms with Gasteiger partial charge in [-0.1, -0.05) is 73.3 Å². The zero-order valence-electron chi connectivity index (χ0n) is 18.5. The van der Waals surface area contributed by atoms with Crippen LogP contribution >= 0.6 is 11.6 Å². The molecule has 2 aromatic carbocycles. The Morgan fingerprint density at radius 1 is 1.06 bits per heavy atom. The SMILES string of the molecule is CCOC(=O)c1c(-c2ccccc2)nn2c1N=C(c1ccc(Cl)cc1)C2=NC1CCCCC1. The Morgan fingerprint density at radius 2 is 1.79 bits per heavy atom. The lowest BCUT2D eigenvalue weighted by Crippen LogP contribution is -2.24. The van der Waals surface area contributed by atoms with Crippen LogP contribution in [0.5, 0.6) is 0 Å². The van der Waals surface area contributed by atoms with Crippen LogP contribution in [0.2, 0.25) is 5.02 Å². The van der Waals surface area contributed by atoms with Crippen LogP contribution in [-0.2, 0) is 4.74 Å². The van der Waals surface area contributed by atoms with Crippen LogP contribution in [0, 0.1) is 0 Å². The number of carbonyl (C=O) groups excluding carboxylic acids is 1. The van der Waals surface area contributed by atoms with E-state index in [0.717, 1.165) is 24.0 Å². The Bertz CT molecular complexity index is 1220. The molecule has 2 aliphatic rings. The number of ether oxygens (including phenoxy) is 1. The summed E-state index contributed by atoms with van der Waals surface area (Å²) >= 11 is 6.12. The molecule has 1 aromatic heterocycles. The highest BCUT2D eigenvalue weighted by molar-refractivity contribution is 6.50. The average molecular weight is 461 g/mol. The first-order chi connectivity index (χ1) is 16.2. The number of esters is 1. The van der Waals surface area contributed by atoms with Gasteiger partial charge in [-0.05, 0) is 31.9 Å². The van der Waals surface area contributed by atoms with Crippen molar-refractivity contribution < 1.29 is 9.53 Å². The molecule has 1 fully saturated rings. The predicted molar refractivity (Wildman–Crippen MR) is 131 cm³/mol. The van der Waals surface area contributed by atoms with Gasteiger partial charge < -0.3 is 4.74 Å². The van der Waals surface area contributed by atoms with Crippen molar-refractivity contribution in [3.8, 4) is 11.3 Å². The molecule has 0 unspecified atom stereocenters. The van der Waals surface area contributed by atoms with Gasteiger partial charge in [0.05, 0.1) is 12.6 Å². The van der Waals surface area contributed by atoms with E-state index in [0.29, 0.717) is 33.6 Å². The first kappa shape index (κ1) is 21.6. The average Bonchev–Trinajstić information content (AvgIpc) is 3.38. The van der Waals surface area contributed by atoms with Crippen molar-refractivity contribution in [3.63, 3.8) is 0 Å². The van der Waals surface area contributed by atoms with Gasteiger partial charge in [0.15, 0.2) is 11.7 Å². The van der Waals surface area contributed by atoms with Gasteiger partial charge >= 0.3 is 5.97 Å². The summed E-state index contributed by atoms with van der Waals surface area (Å²) < 4.78 is 7.11. The lowest BCUT2D eigenvalue weighted by Gasteiger charge is -2.18. The quantitative estimate of drug-likeness (QED) is 0.432. The standard InChI is InChI=1S/C26H25ClN4O2/c1-2-33-26(32)21-22(17-9-5-3-6-10-17)30-31-24(21)29-23(18-13-15-19(27)16-14-18)25(31)28-20-11-7-4-8-12-20/h3,5-6,9-10,13-16,20H,2,4,7-8,11-12H2,1H3. The topological polar surface area (TPSA) is 68.8 Å². The fraction of sp³-hybridized carbons (Fsp3) is 0.308.